The van der Waals surface area contributed by atoms with Gasteiger partial charge in [0, 0.05) is 6.42 Å². The van der Waals surface area contributed by atoms with Crippen molar-refractivity contribution in [2.75, 3.05) is 6.61 Å². The zero-order valence-corrected chi connectivity index (χ0v) is 17.5. The second-order valence-corrected chi connectivity index (χ2v) is 7.20. The molecule has 5 nitrogen and oxygen atoms in total. The zero-order valence-electron chi connectivity index (χ0n) is 17.5. The molecule has 4 aromatic rings. The Morgan fingerprint density at radius 3 is 1.77 bits per heavy atom. The van der Waals surface area contributed by atoms with Crippen LogP contribution in [0.15, 0.2) is 97.3 Å². The topological polar surface area (TPSA) is 57.0 Å². The van der Waals surface area contributed by atoms with Gasteiger partial charge in [0.05, 0.1) is 13.0 Å². The molecule has 156 valence electrons. The maximum Gasteiger partial charge on any atom is 0.306 e. The summed E-state index contributed by atoms with van der Waals surface area (Å²) in [6, 6.07) is 30.9. The lowest BCUT2D eigenvalue weighted by atomic mass is 9.77. The van der Waals surface area contributed by atoms with Crippen LogP contribution in [0.1, 0.15) is 35.9 Å². The van der Waals surface area contributed by atoms with Crippen molar-refractivity contribution in [3.8, 4) is 0 Å². The standard InChI is InChI=1S/C26H25N3O2/c1-2-31-25(30)19-18-24-27-20-28-29(24)26(21-12-6-3-7-13-21,22-14-8-4-9-15-22)23-16-10-5-11-17-23/h3-17,20H,2,18-19H2,1H3. The highest BCUT2D eigenvalue weighted by molar-refractivity contribution is 5.69. The largest absolute Gasteiger partial charge is 0.466 e. The first-order valence-corrected chi connectivity index (χ1v) is 10.5. The Balaban J connectivity index is 1.95. The number of hydrogen-bond acceptors (Lipinski definition) is 4. The smallest absolute Gasteiger partial charge is 0.306 e. The van der Waals surface area contributed by atoms with Crippen molar-refractivity contribution in [2.24, 2.45) is 0 Å². The minimum absolute atomic E-state index is 0.234. The Labute approximate surface area is 182 Å². The summed E-state index contributed by atoms with van der Waals surface area (Å²) in [7, 11) is 0. The van der Waals surface area contributed by atoms with Crippen LogP contribution in [0.2, 0.25) is 0 Å². The molecule has 0 unspecified atom stereocenters. The first kappa shape index (κ1) is 20.5. The van der Waals surface area contributed by atoms with Crippen LogP contribution in [0.5, 0.6) is 0 Å². The maximum atomic E-state index is 12.0. The number of rotatable bonds is 8. The van der Waals surface area contributed by atoms with Crippen LogP contribution in [0.3, 0.4) is 0 Å². The molecule has 0 saturated carbocycles. The summed E-state index contributed by atoms with van der Waals surface area (Å²) in [5, 5.41) is 4.70. The molecule has 0 atom stereocenters. The molecular formula is C26H25N3O2. The van der Waals surface area contributed by atoms with Gasteiger partial charge in [-0.1, -0.05) is 91.0 Å². The first-order valence-electron chi connectivity index (χ1n) is 10.5. The average Bonchev–Trinajstić information content (AvgIpc) is 3.30. The Morgan fingerprint density at radius 2 is 1.32 bits per heavy atom. The zero-order chi connectivity index (χ0) is 21.5. The van der Waals surface area contributed by atoms with Gasteiger partial charge in [-0.05, 0) is 23.6 Å². The van der Waals surface area contributed by atoms with Gasteiger partial charge < -0.3 is 4.74 Å². The second-order valence-electron chi connectivity index (χ2n) is 7.20. The third-order valence-electron chi connectivity index (χ3n) is 5.37. The third-order valence-corrected chi connectivity index (χ3v) is 5.37. The Bertz CT molecular complexity index is 1010. The number of carbonyl (C=O) groups excluding carboxylic acids is 1. The lowest BCUT2D eigenvalue weighted by Crippen LogP contribution is -2.40. The molecule has 0 saturated heterocycles. The van der Waals surface area contributed by atoms with Crippen molar-refractivity contribution in [1.29, 1.82) is 0 Å². The summed E-state index contributed by atoms with van der Waals surface area (Å²) in [5.41, 5.74) is 2.46. The predicted molar refractivity (Wildman–Crippen MR) is 120 cm³/mol. The van der Waals surface area contributed by atoms with Crippen molar-refractivity contribution in [3.63, 3.8) is 0 Å². The minimum Gasteiger partial charge on any atom is -0.466 e. The summed E-state index contributed by atoms with van der Waals surface area (Å²) in [6.07, 6.45) is 2.25. The monoisotopic (exact) mass is 411 g/mol. The molecule has 1 aromatic heterocycles. The lowest BCUT2D eigenvalue weighted by Gasteiger charge is -2.37. The number of hydrogen-bond donors (Lipinski definition) is 0. The second kappa shape index (κ2) is 9.39. The van der Waals surface area contributed by atoms with E-state index in [-0.39, 0.29) is 12.4 Å². The summed E-state index contributed by atoms with van der Waals surface area (Å²) >= 11 is 0. The number of esters is 1. The fourth-order valence-electron chi connectivity index (χ4n) is 4.07. The molecule has 31 heavy (non-hydrogen) atoms. The van der Waals surface area contributed by atoms with Gasteiger partial charge in [-0.15, -0.1) is 0 Å². The van der Waals surface area contributed by atoms with E-state index in [1.807, 2.05) is 66.2 Å². The molecule has 0 aliphatic carbocycles. The van der Waals surface area contributed by atoms with Gasteiger partial charge >= 0.3 is 5.97 Å². The van der Waals surface area contributed by atoms with Crippen LogP contribution < -0.4 is 0 Å². The van der Waals surface area contributed by atoms with Gasteiger partial charge in [0.15, 0.2) is 0 Å². The van der Waals surface area contributed by atoms with Gasteiger partial charge in [-0.2, -0.15) is 5.10 Å². The van der Waals surface area contributed by atoms with Crippen LogP contribution >= 0.6 is 0 Å². The number of nitrogens with zero attached hydrogens (tertiary/aromatic N) is 3. The fraction of sp³-hybridized carbons (Fsp3) is 0.192. The molecule has 0 radical (unpaired) electrons. The highest BCUT2D eigenvalue weighted by Crippen LogP contribution is 2.40. The van der Waals surface area contributed by atoms with E-state index < -0.39 is 5.54 Å². The minimum atomic E-state index is -0.732. The number of ether oxygens (including phenoxy) is 1. The molecule has 0 aliphatic rings. The average molecular weight is 412 g/mol. The van der Waals surface area contributed by atoms with Gasteiger partial charge in [-0.3, -0.25) is 4.79 Å². The molecule has 0 fully saturated rings. The summed E-state index contributed by atoms with van der Waals surface area (Å²) < 4.78 is 7.07. The third kappa shape index (κ3) is 3.99. The molecule has 4 rings (SSSR count). The normalized spacial score (nSPS) is 11.3. The van der Waals surface area contributed by atoms with Crippen LogP contribution in [-0.2, 0) is 21.5 Å². The SMILES string of the molecule is CCOC(=O)CCc1ncnn1C(c1ccccc1)(c1ccccc1)c1ccccc1. The summed E-state index contributed by atoms with van der Waals surface area (Å²) in [5.74, 6) is 0.492. The summed E-state index contributed by atoms with van der Waals surface area (Å²) in [6.45, 7) is 2.18. The Kier molecular flexibility index (Phi) is 6.22. The van der Waals surface area contributed by atoms with Crippen molar-refractivity contribution >= 4 is 5.97 Å². The first-order chi connectivity index (χ1) is 15.3. The predicted octanol–water partition coefficient (Wildman–Crippen LogP) is 4.61. The maximum absolute atomic E-state index is 12.0. The number of aromatic nitrogens is 3. The molecular weight excluding hydrogens is 386 g/mol. The quantitative estimate of drug-likeness (QED) is 0.314. The number of aryl methyl sites for hydroxylation is 1. The molecule has 5 heteroatoms. The van der Waals surface area contributed by atoms with E-state index in [1.54, 1.807) is 6.33 Å². The van der Waals surface area contributed by atoms with Crippen molar-refractivity contribution < 1.29 is 9.53 Å². The lowest BCUT2D eigenvalue weighted by molar-refractivity contribution is -0.143. The molecule has 3 aromatic carbocycles. The molecule has 0 amide bonds. The van der Waals surface area contributed by atoms with Gasteiger partial charge in [0.1, 0.15) is 17.7 Å². The molecule has 0 bridgehead atoms. The molecule has 1 heterocycles. The Morgan fingerprint density at radius 1 is 0.839 bits per heavy atom. The van der Waals surface area contributed by atoms with E-state index in [0.717, 1.165) is 22.5 Å². The van der Waals surface area contributed by atoms with E-state index in [0.29, 0.717) is 13.0 Å². The number of carbonyl (C=O) groups is 1. The van der Waals surface area contributed by atoms with Gasteiger partial charge in [0.2, 0.25) is 0 Å². The van der Waals surface area contributed by atoms with E-state index in [4.69, 9.17) is 9.84 Å². The van der Waals surface area contributed by atoms with E-state index in [1.165, 1.54) is 0 Å². The van der Waals surface area contributed by atoms with E-state index in [9.17, 15) is 4.79 Å². The van der Waals surface area contributed by atoms with Crippen LogP contribution in [0.25, 0.3) is 0 Å². The van der Waals surface area contributed by atoms with Crippen molar-refractivity contribution in [1.82, 2.24) is 14.8 Å². The highest BCUT2D eigenvalue weighted by atomic mass is 16.5. The molecule has 0 N–H and O–H groups in total. The fourth-order valence-corrected chi connectivity index (χ4v) is 4.07. The van der Waals surface area contributed by atoms with E-state index >= 15 is 0 Å². The van der Waals surface area contributed by atoms with Crippen LogP contribution in [0.4, 0.5) is 0 Å². The summed E-state index contributed by atoms with van der Waals surface area (Å²) in [4.78, 5) is 16.6. The van der Waals surface area contributed by atoms with Gasteiger partial charge in [-0.25, -0.2) is 9.67 Å². The number of benzene rings is 3. The van der Waals surface area contributed by atoms with Crippen LogP contribution in [-0.4, -0.2) is 27.3 Å². The molecule has 0 aliphatic heterocycles. The Hall–Kier alpha value is -3.73. The van der Waals surface area contributed by atoms with Crippen molar-refractivity contribution in [3.05, 3.63) is 120 Å². The van der Waals surface area contributed by atoms with Crippen molar-refractivity contribution in [2.45, 2.75) is 25.3 Å². The van der Waals surface area contributed by atoms with E-state index in [2.05, 4.69) is 41.4 Å². The van der Waals surface area contributed by atoms with Gasteiger partial charge in [0.25, 0.3) is 0 Å². The molecule has 0 spiro atoms. The van der Waals surface area contributed by atoms with Crippen LogP contribution in [0, 0.1) is 0 Å². The highest BCUT2D eigenvalue weighted by Gasteiger charge is 2.40.